The van der Waals surface area contributed by atoms with Crippen LogP contribution in [0, 0.1) is 6.92 Å². The summed E-state index contributed by atoms with van der Waals surface area (Å²) in [4.78, 5) is 35.3. The zero-order valence-corrected chi connectivity index (χ0v) is 15.6. The van der Waals surface area contributed by atoms with Crippen molar-refractivity contribution in [1.82, 2.24) is 5.32 Å². The minimum atomic E-state index is -0.552. The molecule has 142 valence electrons. The summed E-state index contributed by atoms with van der Waals surface area (Å²) in [5.74, 6) is -0.932. The van der Waals surface area contributed by atoms with Crippen LogP contribution in [0.3, 0.4) is 0 Å². The Morgan fingerprint density at radius 3 is 2.41 bits per heavy atom. The third-order valence-corrected chi connectivity index (χ3v) is 3.83. The van der Waals surface area contributed by atoms with Gasteiger partial charge in [0.2, 0.25) is 5.91 Å². The van der Waals surface area contributed by atoms with Crippen molar-refractivity contribution in [3.8, 4) is 5.75 Å². The van der Waals surface area contributed by atoms with Gasteiger partial charge >= 0.3 is 5.97 Å². The predicted octanol–water partition coefficient (Wildman–Crippen LogP) is 2.57. The van der Waals surface area contributed by atoms with Gasteiger partial charge in [0.1, 0.15) is 5.75 Å². The molecule has 2 aromatic rings. The standard InChI is InChI=1S/C19H19ClN2O5/c1-12-3-6-14(7-4-12)27-11-18(24)21-10-17(23)22-16-9-13(19(25)26-2)5-8-15(16)20/h3-9H,10-11H2,1-2H3,(H,21,24)(H,22,23). The smallest absolute Gasteiger partial charge is 0.337 e. The number of carbonyl (C=O) groups is 3. The predicted molar refractivity (Wildman–Crippen MR) is 101 cm³/mol. The van der Waals surface area contributed by atoms with Crippen molar-refractivity contribution in [2.45, 2.75) is 6.92 Å². The fourth-order valence-electron chi connectivity index (χ4n) is 2.07. The molecule has 0 saturated carbocycles. The normalized spacial score (nSPS) is 10.0. The van der Waals surface area contributed by atoms with Gasteiger partial charge in [-0.05, 0) is 37.3 Å². The number of benzene rings is 2. The number of amides is 2. The van der Waals surface area contributed by atoms with Gasteiger partial charge in [-0.1, -0.05) is 29.3 Å². The van der Waals surface area contributed by atoms with Crippen LogP contribution in [0.2, 0.25) is 5.02 Å². The number of carbonyl (C=O) groups excluding carboxylic acids is 3. The molecule has 0 bridgehead atoms. The third kappa shape index (κ3) is 6.31. The van der Waals surface area contributed by atoms with Crippen molar-refractivity contribution in [2.24, 2.45) is 0 Å². The molecule has 0 spiro atoms. The van der Waals surface area contributed by atoms with Crippen LogP contribution in [0.25, 0.3) is 0 Å². The summed E-state index contributed by atoms with van der Waals surface area (Å²) < 4.78 is 9.95. The van der Waals surface area contributed by atoms with Crippen LogP contribution in [0.4, 0.5) is 5.69 Å². The number of hydrogen-bond acceptors (Lipinski definition) is 5. The maximum Gasteiger partial charge on any atom is 0.337 e. The lowest BCUT2D eigenvalue weighted by Gasteiger charge is -2.10. The molecule has 7 nitrogen and oxygen atoms in total. The summed E-state index contributed by atoms with van der Waals surface area (Å²) in [7, 11) is 1.25. The Labute approximate surface area is 161 Å². The van der Waals surface area contributed by atoms with Crippen LogP contribution in [0.15, 0.2) is 42.5 Å². The van der Waals surface area contributed by atoms with E-state index >= 15 is 0 Å². The number of anilines is 1. The Hall–Kier alpha value is -3.06. The van der Waals surface area contributed by atoms with Gasteiger partial charge in [0.25, 0.3) is 5.91 Å². The first kappa shape index (κ1) is 20.3. The maximum absolute atomic E-state index is 12.0. The van der Waals surface area contributed by atoms with Gasteiger partial charge in [-0.2, -0.15) is 0 Å². The van der Waals surface area contributed by atoms with Crippen molar-refractivity contribution < 1.29 is 23.9 Å². The highest BCUT2D eigenvalue weighted by molar-refractivity contribution is 6.33. The molecular weight excluding hydrogens is 372 g/mol. The van der Waals surface area contributed by atoms with Gasteiger partial charge in [-0.3, -0.25) is 9.59 Å². The van der Waals surface area contributed by atoms with Crippen molar-refractivity contribution in [3.63, 3.8) is 0 Å². The summed E-state index contributed by atoms with van der Waals surface area (Å²) in [6.45, 7) is 1.46. The zero-order chi connectivity index (χ0) is 19.8. The van der Waals surface area contributed by atoms with Crippen molar-refractivity contribution >= 4 is 35.1 Å². The van der Waals surface area contributed by atoms with Crippen molar-refractivity contribution in [2.75, 3.05) is 25.6 Å². The van der Waals surface area contributed by atoms with E-state index in [9.17, 15) is 14.4 Å². The van der Waals surface area contributed by atoms with Crippen molar-refractivity contribution in [3.05, 3.63) is 58.6 Å². The van der Waals surface area contributed by atoms with Gasteiger partial charge < -0.3 is 20.1 Å². The Bertz CT molecular complexity index is 836. The number of aryl methyl sites for hydroxylation is 1. The molecular formula is C19H19ClN2O5. The van der Waals surface area contributed by atoms with Crippen LogP contribution in [-0.4, -0.2) is 38.0 Å². The number of hydrogen-bond donors (Lipinski definition) is 2. The van der Waals surface area contributed by atoms with Gasteiger partial charge in [-0.15, -0.1) is 0 Å². The Balaban J connectivity index is 1.82. The highest BCUT2D eigenvalue weighted by Crippen LogP contribution is 2.23. The van der Waals surface area contributed by atoms with Crippen LogP contribution in [-0.2, 0) is 14.3 Å². The molecule has 2 N–H and O–H groups in total. The molecule has 0 saturated heterocycles. The molecule has 0 aromatic heterocycles. The average Bonchev–Trinajstić information content (AvgIpc) is 2.67. The minimum absolute atomic E-state index is 0.213. The quantitative estimate of drug-likeness (QED) is 0.709. The molecule has 0 aliphatic heterocycles. The highest BCUT2D eigenvalue weighted by Gasteiger charge is 2.12. The topological polar surface area (TPSA) is 93.7 Å². The third-order valence-electron chi connectivity index (χ3n) is 3.50. The summed E-state index contributed by atoms with van der Waals surface area (Å²) in [5, 5.41) is 5.23. The Kier molecular flexibility index (Phi) is 7.19. The average molecular weight is 391 g/mol. The molecule has 0 unspecified atom stereocenters. The monoisotopic (exact) mass is 390 g/mol. The molecule has 2 amide bonds. The lowest BCUT2D eigenvalue weighted by molar-refractivity contribution is -0.125. The first-order valence-corrected chi connectivity index (χ1v) is 8.40. The van der Waals surface area contributed by atoms with Gasteiger partial charge in [-0.25, -0.2) is 4.79 Å². The molecule has 0 aliphatic carbocycles. The van der Waals surface area contributed by atoms with E-state index in [1.165, 1.54) is 25.3 Å². The lowest BCUT2D eigenvalue weighted by atomic mass is 10.2. The number of methoxy groups -OCH3 is 1. The molecule has 0 aliphatic rings. The van der Waals surface area contributed by atoms with Crippen LogP contribution >= 0.6 is 11.6 Å². The van der Waals surface area contributed by atoms with Gasteiger partial charge in [0.15, 0.2) is 6.61 Å². The second-order valence-electron chi connectivity index (χ2n) is 5.61. The summed E-state index contributed by atoms with van der Waals surface area (Å²) in [5.41, 5.74) is 1.57. The van der Waals surface area contributed by atoms with E-state index in [0.29, 0.717) is 5.75 Å². The van der Waals surface area contributed by atoms with Crippen LogP contribution in [0.1, 0.15) is 15.9 Å². The molecule has 0 fully saturated rings. The van der Waals surface area contributed by atoms with E-state index in [4.69, 9.17) is 16.3 Å². The fraction of sp³-hybridized carbons (Fsp3) is 0.211. The second-order valence-corrected chi connectivity index (χ2v) is 6.02. The lowest BCUT2D eigenvalue weighted by Crippen LogP contribution is -2.35. The molecule has 0 atom stereocenters. The van der Waals surface area contributed by atoms with E-state index in [0.717, 1.165) is 5.56 Å². The largest absolute Gasteiger partial charge is 0.484 e. The Morgan fingerprint density at radius 2 is 1.74 bits per heavy atom. The molecule has 27 heavy (non-hydrogen) atoms. The summed E-state index contributed by atoms with van der Waals surface area (Å²) in [6.07, 6.45) is 0. The first-order valence-electron chi connectivity index (χ1n) is 8.03. The van der Waals surface area contributed by atoms with E-state index in [2.05, 4.69) is 15.4 Å². The van der Waals surface area contributed by atoms with Crippen LogP contribution in [0.5, 0.6) is 5.75 Å². The van der Waals surface area contributed by atoms with Gasteiger partial charge in [0.05, 0.1) is 29.9 Å². The number of esters is 1. The molecule has 2 rings (SSSR count). The molecule has 0 radical (unpaired) electrons. The van der Waals surface area contributed by atoms with Crippen molar-refractivity contribution in [1.29, 1.82) is 0 Å². The molecule has 2 aromatic carbocycles. The minimum Gasteiger partial charge on any atom is -0.484 e. The highest BCUT2D eigenvalue weighted by atomic mass is 35.5. The number of halogens is 1. The van der Waals surface area contributed by atoms with E-state index in [1.807, 2.05) is 19.1 Å². The van der Waals surface area contributed by atoms with E-state index < -0.39 is 17.8 Å². The Morgan fingerprint density at radius 1 is 1.04 bits per heavy atom. The summed E-state index contributed by atoms with van der Waals surface area (Å²) >= 11 is 6.01. The molecule has 8 heteroatoms. The van der Waals surface area contributed by atoms with E-state index in [1.54, 1.807) is 12.1 Å². The summed E-state index contributed by atoms with van der Waals surface area (Å²) in [6, 6.07) is 11.6. The first-order chi connectivity index (χ1) is 12.9. The van der Waals surface area contributed by atoms with Crippen LogP contribution < -0.4 is 15.4 Å². The number of ether oxygens (including phenoxy) is 2. The number of nitrogens with one attached hydrogen (secondary N) is 2. The SMILES string of the molecule is COC(=O)c1ccc(Cl)c(NC(=O)CNC(=O)COc2ccc(C)cc2)c1. The zero-order valence-electron chi connectivity index (χ0n) is 14.9. The van der Waals surface area contributed by atoms with E-state index in [-0.39, 0.29) is 29.4 Å². The second kappa shape index (κ2) is 9.59. The number of rotatable bonds is 7. The maximum atomic E-state index is 12.0. The molecule has 0 heterocycles. The van der Waals surface area contributed by atoms with Gasteiger partial charge in [0, 0.05) is 0 Å². The fourth-order valence-corrected chi connectivity index (χ4v) is 2.24.